The van der Waals surface area contributed by atoms with E-state index in [1.807, 2.05) is 64.1 Å². The summed E-state index contributed by atoms with van der Waals surface area (Å²) in [6.45, 7) is 11.2. The molecular weight excluding hydrogens is 502 g/mol. The molecule has 1 aliphatic heterocycles. The van der Waals surface area contributed by atoms with Gasteiger partial charge in [-0.1, -0.05) is 17.7 Å². The number of pyridine rings is 2. The highest BCUT2D eigenvalue weighted by Crippen LogP contribution is 2.31. The summed E-state index contributed by atoms with van der Waals surface area (Å²) >= 11 is 6.48. The number of nitrogens with zero attached hydrogens (tertiary/aromatic N) is 5. The van der Waals surface area contributed by atoms with E-state index in [-0.39, 0.29) is 6.09 Å². The number of anilines is 2. The van der Waals surface area contributed by atoms with E-state index < -0.39 is 5.60 Å². The average Bonchev–Trinajstić information content (AvgIpc) is 3.27. The van der Waals surface area contributed by atoms with E-state index in [1.165, 1.54) is 0 Å². The van der Waals surface area contributed by atoms with Crippen LogP contribution in [0.25, 0.3) is 22.2 Å². The van der Waals surface area contributed by atoms with Crippen molar-refractivity contribution < 1.29 is 9.53 Å². The number of hydrogen-bond donors (Lipinski definition) is 2. The van der Waals surface area contributed by atoms with Crippen molar-refractivity contribution in [1.29, 1.82) is 0 Å². The van der Waals surface area contributed by atoms with Gasteiger partial charge in [-0.05, 0) is 69.2 Å². The highest BCUT2D eigenvalue weighted by Gasteiger charge is 2.25. The van der Waals surface area contributed by atoms with Gasteiger partial charge in [-0.15, -0.1) is 0 Å². The Labute approximate surface area is 227 Å². The number of imidazole rings is 1. The number of carbonyl (C=O) groups is 1. The van der Waals surface area contributed by atoms with Crippen molar-refractivity contribution >= 4 is 40.5 Å². The standard InChI is InChI=1S/C28H32ClN7O2/c1-18-25(29)21(8-10-30-18)20-5-6-22-23(16-20)33-26(32-22)34-24-15-19(7-9-31-24)17-35-11-13-36(14-12-35)27(37)38-28(2,3)4/h5-10,15-16H,11-14,17H2,1-4H3,(H2,31,32,33,34). The van der Waals surface area contributed by atoms with Crippen LogP contribution in [-0.4, -0.2) is 67.6 Å². The molecule has 0 atom stereocenters. The highest BCUT2D eigenvalue weighted by atomic mass is 35.5. The summed E-state index contributed by atoms with van der Waals surface area (Å²) in [4.78, 5) is 33.2. The fourth-order valence-electron chi connectivity index (χ4n) is 4.44. The third-order valence-electron chi connectivity index (χ3n) is 6.36. The number of fused-ring (bicyclic) bond motifs is 1. The van der Waals surface area contributed by atoms with E-state index in [4.69, 9.17) is 16.3 Å². The van der Waals surface area contributed by atoms with E-state index in [9.17, 15) is 4.79 Å². The Morgan fingerprint density at radius 2 is 1.84 bits per heavy atom. The zero-order chi connectivity index (χ0) is 26.9. The fraction of sp³-hybridized carbons (Fsp3) is 0.357. The number of ether oxygens (including phenoxy) is 1. The molecule has 10 heteroatoms. The Kier molecular flexibility index (Phi) is 7.23. The van der Waals surface area contributed by atoms with Crippen molar-refractivity contribution in [2.75, 3.05) is 31.5 Å². The Morgan fingerprint density at radius 1 is 1.08 bits per heavy atom. The van der Waals surface area contributed by atoms with Crippen LogP contribution in [0.4, 0.5) is 16.6 Å². The van der Waals surface area contributed by atoms with Gasteiger partial charge < -0.3 is 19.9 Å². The number of halogens is 1. The van der Waals surface area contributed by atoms with Crippen molar-refractivity contribution in [3.63, 3.8) is 0 Å². The maximum absolute atomic E-state index is 12.3. The number of amides is 1. The second kappa shape index (κ2) is 10.6. The van der Waals surface area contributed by atoms with Crippen LogP contribution >= 0.6 is 11.6 Å². The molecule has 9 nitrogen and oxygen atoms in total. The summed E-state index contributed by atoms with van der Waals surface area (Å²) < 4.78 is 5.50. The molecule has 1 aliphatic rings. The van der Waals surface area contributed by atoms with Gasteiger partial charge >= 0.3 is 6.09 Å². The molecule has 4 aromatic rings. The monoisotopic (exact) mass is 533 g/mol. The van der Waals surface area contributed by atoms with Crippen molar-refractivity contribution in [2.45, 2.75) is 39.8 Å². The molecule has 1 amide bonds. The molecule has 0 unspecified atom stereocenters. The van der Waals surface area contributed by atoms with Gasteiger partial charge in [-0.2, -0.15) is 0 Å². The summed E-state index contributed by atoms with van der Waals surface area (Å²) in [6.07, 6.45) is 3.31. The largest absolute Gasteiger partial charge is 0.444 e. The van der Waals surface area contributed by atoms with Gasteiger partial charge in [0.2, 0.25) is 5.95 Å². The van der Waals surface area contributed by atoms with Gasteiger partial charge in [0.1, 0.15) is 11.4 Å². The maximum atomic E-state index is 12.3. The number of aromatic nitrogens is 4. The molecule has 3 aromatic heterocycles. The zero-order valence-electron chi connectivity index (χ0n) is 22.1. The van der Waals surface area contributed by atoms with Crippen molar-refractivity contribution in [2.24, 2.45) is 0 Å². The first-order valence-corrected chi connectivity index (χ1v) is 13.1. The molecular formula is C28H32ClN7O2. The van der Waals surface area contributed by atoms with E-state index in [1.54, 1.807) is 17.3 Å². The Morgan fingerprint density at radius 3 is 2.61 bits per heavy atom. The van der Waals surface area contributed by atoms with Crippen LogP contribution < -0.4 is 5.32 Å². The minimum Gasteiger partial charge on any atom is -0.444 e. The van der Waals surface area contributed by atoms with Gasteiger partial charge in [0, 0.05) is 50.7 Å². The topological polar surface area (TPSA) is 99.3 Å². The number of rotatable bonds is 5. The molecule has 0 spiro atoms. The van der Waals surface area contributed by atoms with Crippen LogP contribution in [0.5, 0.6) is 0 Å². The number of benzene rings is 1. The Hall–Kier alpha value is -3.69. The first-order valence-electron chi connectivity index (χ1n) is 12.7. The molecule has 2 N–H and O–H groups in total. The van der Waals surface area contributed by atoms with E-state index in [0.29, 0.717) is 29.9 Å². The van der Waals surface area contributed by atoms with Gasteiger partial charge in [-0.25, -0.2) is 14.8 Å². The van der Waals surface area contributed by atoms with Crippen LogP contribution in [0.1, 0.15) is 32.0 Å². The van der Waals surface area contributed by atoms with E-state index in [0.717, 1.165) is 53.1 Å². The lowest BCUT2D eigenvalue weighted by molar-refractivity contribution is 0.0139. The van der Waals surface area contributed by atoms with Crippen LogP contribution in [0.3, 0.4) is 0 Å². The van der Waals surface area contributed by atoms with Gasteiger partial charge in [0.15, 0.2) is 0 Å². The smallest absolute Gasteiger partial charge is 0.410 e. The number of H-pyrrole nitrogens is 1. The second-order valence-electron chi connectivity index (χ2n) is 10.5. The first-order chi connectivity index (χ1) is 18.1. The van der Waals surface area contributed by atoms with Crippen molar-refractivity contribution in [1.82, 2.24) is 29.7 Å². The fourth-order valence-corrected chi connectivity index (χ4v) is 4.66. The number of carbonyl (C=O) groups excluding carboxylic acids is 1. The number of aromatic amines is 1. The van der Waals surface area contributed by atoms with Crippen LogP contribution in [-0.2, 0) is 11.3 Å². The minimum atomic E-state index is -0.483. The SMILES string of the molecule is Cc1nccc(-c2ccc3nc(Nc4cc(CN5CCN(C(=O)OC(C)(C)C)CC5)ccn4)[nH]c3c2)c1Cl. The summed E-state index contributed by atoms with van der Waals surface area (Å²) in [6, 6.07) is 12.0. The average molecular weight is 534 g/mol. The molecule has 1 saturated heterocycles. The zero-order valence-corrected chi connectivity index (χ0v) is 22.8. The Bertz CT molecular complexity index is 1460. The predicted octanol–water partition coefficient (Wildman–Crippen LogP) is 5.78. The Balaban J connectivity index is 1.23. The molecule has 38 heavy (non-hydrogen) atoms. The van der Waals surface area contributed by atoms with Crippen molar-refractivity contribution in [3.05, 3.63) is 65.1 Å². The van der Waals surface area contributed by atoms with Gasteiger partial charge in [-0.3, -0.25) is 9.88 Å². The van der Waals surface area contributed by atoms with Crippen LogP contribution in [0.2, 0.25) is 5.02 Å². The van der Waals surface area contributed by atoms with E-state index in [2.05, 4.69) is 30.2 Å². The molecule has 0 radical (unpaired) electrons. The van der Waals surface area contributed by atoms with Crippen LogP contribution in [0, 0.1) is 6.92 Å². The first kappa shape index (κ1) is 25.9. The minimum absolute atomic E-state index is 0.246. The molecule has 1 fully saturated rings. The third-order valence-corrected chi connectivity index (χ3v) is 6.83. The third kappa shape index (κ3) is 6.06. The predicted molar refractivity (Wildman–Crippen MR) is 150 cm³/mol. The second-order valence-corrected chi connectivity index (χ2v) is 10.9. The van der Waals surface area contributed by atoms with E-state index >= 15 is 0 Å². The number of hydrogen-bond acceptors (Lipinski definition) is 7. The normalized spacial score (nSPS) is 14.6. The van der Waals surface area contributed by atoms with Gasteiger partial charge in [0.05, 0.1) is 21.7 Å². The number of piperazine rings is 1. The number of aryl methyl sites for hydroxylation is 1. The molecule has 5 rings (SSSR count). The highest BCUT2D eigenvalue weighted by molar-refractivity contribution is 6.33. The molecule has 0 bridgehead atoms. The molecule has 1 aromatic carbocycles. The quantitative estimate of drug-likeness (QED) is 0.335. The maximum Gasteiger partial charge on any atom is 0.410 e. The summed E-state index contributed by atoms with van der Waals surface area (Å²) in [5, 5.41) is 3.94. The lowest BCUT2D eigenvalue weighted by Crippen LogP contribution is -2.49. The van der Waals surface area contributed by atoms with Gasteiger partial charge in [0.25, 0.3) is 0 Å². The molecule has 198 valence electrons. The molecule has 0 saturated carbocycles. The summed E-state index contributed by atoms with van der Waals surface area (Å²) in [5.41, 5.74) is 5.12. The van der Waals surface area contributed by atoms with Crippen LogP contribution in [0.15, 0.2) is 48.8 Å². The number of nitrogens with one attached hydrogen (secondary N) is 2. The summed E-state index contributed by atoms with van der Waals surface area (Å²) in [5.74, 6) is 1.33. The molecule has 4 heterocycles. The molecule has 0 aliphatic carbocycles. The van der Waals surface area contributed by atoms with Crippen molar-refractivity contribution in [3.8, 4) is 11.1 Å². The lowest BCUT2D eigenvalue weighted by Gasteiger charge is -2.35. The lowest BCUT2D eigenvalue weighted by atomic mass is 10.1. The summed E-state index contributed by atoms with van der Waals surface area (Å²) in [7, 11) is 0.